The standard InChI is InChI=1S/C18H22N6O2/c1-5-10-24-14-15(22(3)18(26)23(4)16(14)25)20-17(24)21-19-11-13-8-6-12(2)7-9-13/h6-9,11,14H,5,10H2,1-4H3/p+1/b19-11+. The second-order valence-electron chi connectivity index (χ2n) is 6.41. The minimum atomic E-state index is -0.597. The molecule has 0 bridgehead atoms. The van der Waals surface area contributed by atoms with Crippen molar-refractivity contribution >= 4 is 29.9 Å². The molecule has 136 valence electrons. The summed E-state index contributed by atoms with van der Waals surface area (Å²) in [7, 11) is 3.11. The van der Waals surface area contributed by atoms with Gasteiger partial charge in [0.05, 0.1) is 12.8 Å². The number of nitrogens with zero attached hydrogens (tertiary/aromatic N) is 5. The Morgan fingerprint density at radius 3 is 2.58 bits per heavy atom. The van der Waals surface area contributed by atoms with Crippen LogP contribution >= 0.6 is 0 Å². The zero-order chi connectivity index (χ0) is 18.8. The molecule has 1 aromatic rings. The fourth-order valence-corrected chi connectivity index (χ4v) is 2.98. The summed E-state index contributed by atoms with van der Waals surface area (Å²) in [6, 6.07) is 6.99. The fourth-order valence-electron chi connectivity index (χ4n) is 2.98. The number of imide groups is 1. The SMILES string of the molecule is CCC[N+]1=C(N/N=C/c2ccc(C)cc2)N=C2C1C(=O)N(C)C(=O)N2C. The zero-order valence-corrected chi connectivity index (χ0v) is 15.4. The van der Waals surface area contributed by atoms with Crippen LogP contribution in [0, 0.1) is 6.92 Å². The predicted octanol–water partition coefficient (Wildman–Crippen LogP) is 1.00. The maximum Gasteiger partial charge on any atom is 0.413 e. The summed E-state index contributed by atoms with van der Waals surface area (Å²) >= 11 is 0. The zero-order valence-electron chi connectivity index (χ0n) is 15.4. The molecule has 1 N–H and O–H groups in total. The number of hydrogen-bond acceptors (Lipinski definition) is 5. The van der Waals surface area contributed by atoms with Crippen LogP contribution in [0.3, 0.4) is 0 Å². The van der Waals surface area contributed by atoms with Crippen LogP contribution in [0.15, 0.2) is 34.4 Å². The highest BCUT2D eigenvalue weighted by Crippen LogP contribution is 2.18. The molecule has 2 heterocycles. The Labute approximate surface area is 152 Å². The first-order valence-electron chi connectivity index (χ1n) is 8.57. The second kappa shape index (κ2) is 7.07. The molecule has 0 aliphatic carbocycles. The highest BCUT2D eigenvalue weighted by molar-refractivity contribution is 6.22. The molecule has 1 saturated heterocycles. The van der Waals surface area contributed by atoms with Gasteiger partial charge in [-0.1, -0.05) is 41.7 Å². The Morgan fingerprint density at radius 1 is 1.23 bits per heavy atom. The lowest BCUT2D eigenvalue weighted by Crippen LogP contribution is -2.61. The van der Waals surface area contributed by atoms with Crippen molar-refractivity contribution in [2.45, 2.75) is 26.3 Å². The number of aryl methyl sites for hydroxylation is 1. The summed E-state index contributed by atoms with van der Waals surface area (Å²) in [5.41, 5.74) is 5.06. The third-order valence-electron chi connectivity index (χ3n) is 4.45. The first kappa shape index (κ1) is 17.8. The number of amidine groups is 1. The number of fused-ring (bicyclic) bond motifs is 1. The molecule has 1 aromatic carbocycles. The van der Waals surface area contributed by atoms with Crippen LogP contribution in [0.5, 0.6) is 0 Å². The van der Waals surface area contributed by atoms with Crippen molar-refractivity contribution in [1.82, 2.24) is 15.2 Å². The number of carbonyl (C=O) groups is 2. The average Bonchev–Trinajstić information content (AvgIpc) is 2.99. The lowest BCUT2D eigenvalue weighted by atomic mass is 10.1. The van der Waals surface area contributed by atoms with E-state index in [-0.39, 0.29) is 11.9 Å². The van der Waals surface area contributed by atoms with E-state index >= 15 is 0 Å². The van der Waals surface area contributed by atoms with Gasteiger partial charge in [0, 0.05) is 14.1 Å². The number of nitrogens with one attached hydrogen (secondary N) is 1. The van der Waals surface area contributed by atoms with E-state index in [1.807, 2.05) is 42.7 Å². The molecule has 8 heteroatoms. The van der Waals surface area contributed by atoms with Crippen molar-refractivity contribution in [3.8, 4) is 0 Å². The molecule has 8 nitrogen and oxygen atoms in total. The lowest BCUT2D eigenvalue weighted by molar-refractivity contribution is -0.537. The van der Waals surface area contributed by atoms with Crippen molar-refractivity contribution in [3.63, 3.8) is 0 Å². The van der Waals surface area contributed by atoms with Gasteiger partial charge in [-0.2, -0.15) is 5.43 Å². The molecule has 1 atom stereocenters. The van der Waals surface area contributed by atoms with Crippen LogP contribution < -0.4 is 5.43 Å². The molecular formula is C18H23N6O2+. The van der Waals surface area contributed by atoms with E-state index in [0.717, 1.165) is 16.9 Å². The van der Waals surface area contributed by atoms with Crippen LogP contribution in [-0.2, 0) is 4.79 Å². The maximum atomic E-state index is 12.6. The highest BCUT2D eigenvalue weighted by Gasteiger charge is 2.51. The topological polar surface area (TPSA) is 80.4 Å². The van der Waals surface area contributed by atoms with Gasteiger partial charge in [0.2, 0.25) is 11.9 Å². The van der Waals surface area contributed by atoms with Crippen LogP contribution in [0.2, 0.25) is 0 Å². The number of urea groups is 1. The van der Waals surface area contributed by atoms with Gasteiger partial charge in [0.1, 0.15) is 0 Å². The minimum Gasteiger partial charge on any atom is -0.270 e. The molecular weight excluding hydrogens is 332 g/mol. The van der Waals surface area contributed by atoms with Gasteiger partial charge in [-0.25, -0.2) is 9.37 Å². The van der Waals surface area contributed by atoms with Crippen molar-refractivity contribution in [2.24, 2.45) is 10.1 Å². The number of likely N-dealkylation sites (N-methyl/N-ethyl adjacent to an activating group) is 2. The number of benzene rings is 1. The predicted molar refractivity (Wildman–Crippen MR) is 99.5 cm³/mol. The molecule has 3 rings (SSSR count). The molecule has 0 spiro atoms. The summed E-state index contributed by atoms with van der Waals surface area (Å²) < 4.78 is 1.85. The Kier molecular flexibility index (Phi) is 4.83. The van der Waals surface area contributed by atoms with Gasteiger partial charge < -0.3 is 0 Å². The number of amides is 3. The van der Waals surface area contributed by atoms with E-state index in [0.29, 0.717) is 18.3 Å². The highest BCUT2D eigenvalue weighted by atomic mass is 16.2. The van der Waals surface area contributed by atoms with Crippen molar-refractivity contribution < 1.29 is 14.2 Å². The second-order valence-corrected chi connectivity index (χ2v) is 6.41. The quantitative estimate of drug-likeness (QED) is 0.497. The van der Waals surface area contributed by atoms with Crippen LogP contribution in [-0.4, -0.2) is 71.0 Å². The Bertz CT molecular complexity index is 825. The normalized spacial score (nSPS) is 20.2. The van der Waals surface area contributed by atoms with Crippen molar-refractivity contribution in [1.29, 1.82) is 0 Å². The monoisotopic (exact) mass is 355 g/mol. The largest absolute Gasteiger partial charge is 0.413 e. The van der Waals surface area contributed by atoms with E-state index < -0.39 is 6.04 Å². The molecule has 0 aromatic heterocycles. The van der Waals surface area contributed by atoms with E-state index in [4.69, 9.17) is 0 Å². The number of rotatable bonds is 4. The number of hydrazone groups is 1. The Balaban J connectivity index is 1.86. The van der Waals surface area contributed by atoms with Gasteiger partial charge in [-0.3, -0.25) is 14.6 Å². The average molecular weight is 355 g/mol. The van der Waals surface area contributed by atoms with Crippen molar-refractivity contribution in [2.75, 3.05) is 20.6 Å². The number of carbonyl (C=O) groups excluding carboxylic acids is 2. The Hall–Kier alpha value is -3.03. The number of aliphatic imine (C=N–C) groups is 1. The van der Waals surface area contributed by atoms with E-state index in [9.17, 15) is 9.59 Å². The molecule has 0 saturated carbocycles. The first-order chi connectivity index (χ1) is 12.4. The van der Waals surface area contributed by atoms with E-state index in [1.54, 1.807) is 13.3 Å². The summed E-state index contributed by atoms with van der Waals surface area (Å²) in [5, 5.41) is 4.24. The van der Waals surface area contributed by atoms with Gasteiger partial charge >= 0.3 is 12.0 Å². The van der Waals surface area contributed by atoms with Gasteiger partial charge in [0.25, 0.3) is 5.91 Å². The van der Waals surface area contributed by atoms with E-state index in [2.05, 4.69) is 15.5 Å². The molecule has 2 aliphatic heterocycles. The summed E-state index contributed by atoms with van der Waals surface area (Å²) in [6.45, 7) is 4.68. The lowest BCUT2D eigenvalue weighted by Gasteiger charge is -2.31. The first-order valence-corrected chi connectivity index (χ1v) is 8.57. The van der Waals surface area contributed by atoms with E-state index in [1.165, 1.54) is 17.5 Å². The number of hydrogen-bond donors (Lipinski definition) is 1. The third kappa shape index (κ3) is 3.10. The smallest absolute Gasteiger partial charge is 0.270 e. The van der Waals surface area contributed by atoms with Crippen LogP contribution in [0.25, 0.3) is 0 Å². The van der Waals surface area contributed by atoms with Crippen LogP contribution in [0.4, 0.5) is 4.79 Å². The summed E-state index contributed by atoms with van der Waals surface area (Å²) in [5.74, 6) is 0.623. The molecule has 26 heavy (non-hydrogen) atoms. The van der Waals surface area contributed by atoms with Crippen molar-refractivity contribution in [3.05, 3.63) is 35.4 Å². The van der Waals surface area contributed by atoms with Gasteiger partial charge in [-0.15, -0.1) is 5.10 Å². The maximum absolute atomic E-state index is 12.6. The summed E-state index contributed by atoms with van der Waals surface area (Å²) in [4.78, 5) is 31.7. The molecule has 1 unspecified atom stereocenters. The third-order valence-corrected chi connectivity index (χ3v) is 4.45. The molecule has 3 amide bonds. The minimum absolute atomic E-state index is 0.278. The van der Waals surface area contributed by atoms with Gasteiger partial charge in [0.15, 0.2) is 0 Å². The summed E-state index contributed by atoms with van der Waals surface area (Å²) in [6.07, 6.45) is 2.53. The molecule has 1 fully saturated rings. The molecule has 2 aliphatic rings. The van der Waals surface area contributed by atoms with Gasteiger partial charge in [-0.05, 0) is 18.9 Å². The number of guanidine groups is 1. The molecule has 0 radical (unpaired) electrons. The Morgan fingerprint density at radius 2 is 1.92 bits per heavy atom. The fraction of sp³-hybridized carbons (Fsp3) is 0.389. The van der Waals surface area contributed by atoms with Crippen LogP contribution in [0.1, 0.15) is 24.5 Å².